The van der Waals surface area contributed by atoms with Crippen LogP contribution in [-0.2, 0) is 20.9 Å². The van der Waals surface area contributed by atoms with Crippen molar-refractivity contribution in [1.29, 1.82) is 0 Å². The van der Waals surface area contributed by atoms with Gasteiger partial charge in [-0.1, -0.05) is 0 Å². The van der Waals surface area contributed by atoms with E-state index >= 15 is 0 Å². The Morgan fingerprint density at radius 1 is 1.28 bits per heavy atom. The number of hydrogen-bond donors (Lipinski definition) is 2. The maximum absolute atomic E-state index is 11.8. The molecule has 1 heterocycles. The van der Waals surface area contributed by atoms with Gasteiger partial charge in [-0.15, -0.1) is 0 Å². The van der Waals surface area contributed by atoms with E-state index < -0.39 is 30.9 Å². The molecule has 8 heteroatoms. The Labute approximate surface area is 102 Å². The normalized spacial score (nSPS) is 10.1. The Kier molecular flexibility index (Phi) is 4.41. The lowest BCUT2D eigenvalue weighted by atomic mass is 10.4. The van der Waals surface area contributed by atoms with Gasteiger partial charge in [-0.05, 0) is 6.92 Å². The van der Waals surface area contributed by atoms with Crippen molar-refractivity contribution in [2.45, 2.75) is 13.5 Å². The third-order valence-corrected chi connectivity index (χ3v) is 2.23. The quantitative estimate of drug-likeness (QED) is 0.687. The summed E-state index contributed by atoms with van der Waals surface area (Å²) >= 11 is 0. The third-order valence-electron chi connectivity index (χ3n) is 2.23. The number of amides is 1. The molecule has 2 N–H and O–H groups in total. The van der Waals surface area contributed by atoms with Gasteiger partial charge in [0.2, 0.25) is 5.91 Å². The van der Waals surface area contributed by atoms with E-state index in [1.54, 1.807) is 13.1 Å². The van der Waals surface area contributed by atoms with Gasteiger partial charge >= 0.3 is 11.9 Å². The molecule has 0 atom stereocenters. The van der Waals surface area contributed by atoms with Crippen molar-refractivity contribution in [2.24, 2.45) is 0 Å². The largest absolute Gasteiger partial charge is 0.480 e. The van der Waals surface area contributed by atoms with Crippen LogP contribution in [0.15, 0.2) is 12.4 Å². The van der Waals surface area contributed by atoms with Gasteiger partial charge in [0.1, 0.15) is 25.5 Å². The molecular formula is C10H13N3O5. The highest BCUT2D eigenvalue weighted by Gasteiger charge is 2.20. The number of aryl methyl sites for hydroxylation is 1. The van der Waals surface area contributed by atoms with Gasteiger partial charge in [0, 0.05) is 12.4 Å². The Bertz CT molecular complexity index is 452. The predicted molar refractivity (Wildman–Crippen MR) is 58.8 cm³/mol. The fraction of sp³-hybridized carbons (Fsp3) is 0.400. The van der Waals surface area contributed by atoms with Crippen molar-refractivity contribution in [3.63, 3.8) is 0 Å². The monoisotopic (exact) mass is 255 g/mol. The lowest BCUT2D eigenvalue weighted by Gasteiger charge is -2.18. The summed E-state index contributed by atoms with van der Waals surface area (Å²) in [6.07, 6.45) is 3.06. The number of carboxylic acids is 2. The number of imidazole rings is 1. The SMILES string of the molecule is Cc1nccn1CC(=O)N(CC(=O)O)CC(=O)O. The van der Waals surface area contributed by atoms with Gasteiger partial charge < -0.3 is 19.7 Å². The Balaban J connectivity index is 2.72. The minimum absolute atomic E-state index is 0.133. The lowest BCUT2D eigenvalue weighted by molar-refractivity contribution is -0.149. The van der Waals surface area contributed by atoms with E-state index in [0.29, 0.717) is 5.82 Å². The summed E-state index contributed by atoms with van der Waals surface area (Å²) < 4.78 is 1.51. The number of aromatic nitrogens is 2. The van der Waals surface area contributed by atoms with E-state index in [9.17, 15) is 14.4 Å². The van der Waals surface area contributed by atoms with E-state index in [0.717, 1.165) is 4.90 Å². The molecule has 8 nitrogen and oxygen atoms in total. The first-order valence-electron chi connectivity index (χ1n) is 5.09. The molecule has 0 aromatic carbocycles. The van der Waals surface area contributed by atoms with Gasteiger partial charge in [0.15, 0.2) is 0 Å². The zero-order chi connectivity index (χ0) is 13.7. The van der Waals surface area contributed by atoms with Crippen LogP contribution in [0.25, 0.3) is 0 Å². The molecule has 0 fully saturated rings. The Hall–Kier alpha value is -2.38. The molecule has 0 bridgehead atoms. The molecule has 18 heavy (non-hydrogen) atoms. The van der Waals surface area contributed by atoms with E-state index in [2.05, 4.69) is 4.98 Å². The minimum Gasteiger partial charge on any atom is -0.480 e. The number of aliphatic carboxylic acids is 2. The number of carbonyl (C=O) groups excluding carboxylic acids is 1. The van der Waals surface area contributed by atoms with Crippen LogP contribution in [-0.4, -0.2) is 55.6 Å². The van der Waals surface area contributed by atoms with Crippen LogP contribution in [0.2, 0.25) is 0 Å². The first-order valence-corrected chi connectivity index (χ1v) is 5.09. The van der Waals surface area contributed by atoms with Crippen molar-refractivity contribution in [3.05, 3.63) is 18.2 Å². The first kappa shape index (κ1) is 13.7. The maximum atomic E-state index is 11.8. The second kappa shape index (κ2) is 5.80. The number of carbonyl (C=O) groups is 3. The molecule has 0 radical (unpaired) electrons. The molecule has 0 aliphatic heterocycles. The van der Waals surface area contributed by atoms with Gasteiger partial charge in [-0.3, -0.25) is 14.4 Å². The number of carboxylic acid groups (broad SMARTS) is 2. The van der Waals surface area contributed by atoms with Gasteiger partial charge in [0.25, 0.3) is 0 Å². The summed E-state index contributed by atoms with van der Waals surface area (Å²) in [7, 11) is 0. The van der Waals surface area contributed by atoms with Crippen molar-refractivity contribution in [3.8, 4) is 0 Å². The summed E-state index contributed by atoms with van der Waals surface area (Å²) in [6.45, 7) is 0.274. The lowest BCUT2D eigenvalue weighted by Crippen LogP contribution is -2.41. The second-order valence-corrected chi connectivity index (χ2v) is 3.64. The highest BCUT2D eigenvalue weighted by molar-refractivity contribution is 5.85. The molecule has 0 unspecified atom stereocenters. The molecule has 1 rings (SSSR count). The molecular weight excluding hydrogens is 242 g/mol. The topological polar surface area (TPSA) is 113 Å². The molecule has 98 valence electrons. The highest BCUT2D eigenvalue weighted by atomic mass is 16.4. The predicted octanol–water partition coefficient (Wildman–Crippen LogP) is -0.811. The molecule has 0 spiro atoms. The van der Waals surface area contributed by atoms with Gasteiger partial charge in [-0.2, -0.15) is 0 Å². The van der Waals surface area contributed by atoms with Crippen LogP contribution >= 0.6 is 0 Å². The molecule has 1 aromatic heterocycles. The van der Waals surface area contributed by atoms with Crippen molar-refractivity contribution >= 4 is 17.8 Å². The summed E-state index contributed by atoms with van der Waals surface area (Å²) in [5, 5.41) is 17.2. The Morgan fingerprint density at radius 2 is 1.83 bits per heavy atom. The van der Waals surface area contributed by atoms with Crippen molar-refractivity contribution < 1.29 is 24.6 Å². The Morgan fingerprint density at radius 3 is 2.22 bits per heavy atom. The zero-order valence-electron chi connectivity index (χ0n) is 9.74. The molecule has 0 saturated carbocycles. The zero-order valence-corrected chi connectivity index (χ0v) is 9.74. The number of hydrogen-bond acceptors (Lipinski definition) is 4. The summed E-state index contributed by atoms with van der Waals surface area (Å²) in [6, 6.07) is 0. The van der Waals surface area contributed by atoms with Crippen LogP contribution in [0.3, 0.4) is 0 Å². The fourth-order valence-electron chi connectivity index (χ4n) is 1.38. The highest BCUT2D eigenvalue weighted by Crippen LogP contribution is 1.99. The number of nitrogens with zero attached hydrogens (tertiary/aromatic N) is 3. The molecule has 0 saturated heterocycles. The van der Waals surface area contributed by atoms with Crippen molar-refractivity contribution in [1.82, 2.24) is 14.5 Å². The minimum atomic E-state index is -1.26. The third kappa shape index (κ3) is 3.89. The van der Waals surface area contributed by atoms with E-state index in [1.165, 1.54) is 10.8 Å². The summed E-state index contributed by atoms with van der Waals surface area (Å²) in [5.74, 6) is -2.51. The van der Waals surface area contributed by atoms with Crippen LogP contribution in [0.1, 0.15) is 5.82 Å². The number of rotatable bonds is 6. The fourth-order valence-corrected chi connectivity index (χ4v) is 1.38. The maximum Gasteiger partial charge on any atom is 0.323 e. The van der Waals surface area contributed by atoms with E-state index in [1.807, 2.05) is 0 Å². The van der Waals surface area contributed by atoms with Crippen LogP contribution in [0.5, 0.6) is 0 Å². The average molecular weight is 255 g/mol. The standard InChI is InChI=1S/C10H13N3O5/c1-7-11-2-3-12(7)4-8(14)13(5-9(15)16)6-10(17)18/h2-3H,4-6H2,1H3,(H,15,16)(H,17,18). The molecule has 0 aliphatic rings. The smallest absolute Gasteiger partial charge is 0.323 e. The van der Waals surface area contributed by atoms with E-state index in [4.69, 9.17) is 10.2 Å². The first-order chi connectivity index (χ1) is 8.40. The van der Waals surface area contributed by atoms with E-state index in [-0.39, 0.29) is 6.54 Å². The summed E-state index contributed by atoms with van der Waals surface area (Å²) in [4.78, 5) is 37.6. The molecule has 1 aromatic rings. The summed E-state index contributed by atoms with van der Waals surface area (Å²) in [5.41, 5.74) is 0. The van der Waals surface area contributed by atoms with Crippen LogP contribution in [0, 0.1) is 6.92 Å². The van der Waals surface area contributed by atoms with Crippen LogP contribution < -0.4 is 0 Å². The van der Waals surface area contributed by atoms with Gasteiger partial charge in [0.05, 0.1) is 0 Å². The second-order valence-electron chi connectivity index (χ2n) is 3.64. The average Bonchev–Trinajstić information content (AvgIpc) is 2.62. The molecule has 0 aliphatic carbocycles. The van der Waals surface area contributed by atoms with Gasteiger partial charge in [-0.25, -0.2) is 4.98 Å². The van der Waals surface area contributed by atoms with Crippen LogP contribution in [0.4, 0.5) is 0 Å². The molecule has 1 amide bonds. The van der Waals surface area contributed by atoms with Crippen molar-refractivity contribution in [2.75, 3.05) is 13.1 Å².